The Morgan fingerprint density at radius 2 is 1.73 bits per heavy atom. The molecule has 2 aromatic carbocycles. The molecule has 7 heteroatoms. The number of hydrogen-bond acceptors (Lipinski definition) is 4. The maximum atomic E-state index is 12.4. The van der Waals surface area contributed by atoms with E-state index in [4.69, 9.17) is 16.3 Å². The lowest BCUT2D eigenvalue weighted by atomic mass is 10.1. The Bertz CT molecular complexity index is 774. The van der Waals surface area contributed by atoms with Crippen LogP contribution in [0.2, 0.25) is 5.02 Å². The Kier molecular flexibility index (Phi) is 6.09. The summed E-state index contributed by atoms with van der Waals surface area (Å²) in [5.74, 6) is -0.206. The number of morpholine rings is 1. The molecule has 1 saturated heterocycles. The summed E-state index contributed by atoms with van der Waals surface area (Å²) < 4.78 is 5.26. The zero-order valence-electron chi connectivity index (χ0n) is 14.2. The van der Waals surface area contributed by atoms with E-state index in [1.807, 2.05) is 0 Å². The number of amides is 2. The van der Waals surface area contributed by atoms with Crippen LogP contribution in [0.15, 0.2) is 48.5 Å². The first-order valence-electron chi connectivity index (χ1n) is 8.39. The molecule has 0 unspecified atom stereocenters. The van der Waals surface area contributed by atoms with Gasteiger partial charge in [-0.15, -0.1) is 0 Å². The fraction of sp³-hybridized carbons (Fsp3) is 0.263. The third kappa shape index (κ3) is 4.74. The smallest absolute Gasteiger partial charge is 0.254 e. The lowest BCUT2D eigenvalue weighted by molar-refractivity contribution is -0.114. The predicted octanol–water partition coefficient (Wildman–Crippen LogP) is 2.86. The molecule has 3 rings (SSSR count). The number of para-hydroxylation sites is 1. The number of hydrogen-bond donors (Lipinski definition) is 2. The van der Waals surface area contributed by atoms with Gasteiger partial charge in [-0.1, -0.05) is 23.7 Å². The Morgan fingerprint density at radius 3 is 2.42 bits per heavy atom. The van der Waals surface area contributed by atoms with Crippen LogP contribution in [0.25, 0.3) is 0 Å². The van der Waals surface area contributed by atoms with E-state index in [-0.39, 0.29) is 18.4 Å². The quantitative estimate of drug-likeness (QED) is 0.845. The molecule has 0 aliphatic carbocycles. The summed E-state index contributed by atoms with van der Waals surface area (Å²) in [5.41, 5.74) is 1.96. The maximum absolute atomic E-state index is 12.4. The number of carbonyl (C=O) groups is 2. The zero-order chi connectivity index (χ0) is 18.4. The van der Waals surface area contributed by atoms with Crippen molar-refractivity contribution in [3.8, 4) is 0 Å². The molecule has 0 saturated carbocycles. The Morgan fingerprint density at radius 1 is 1.04 bits per heavy atom. The van der Waals surface area contributed by atoms with E-state index >= 15 is 0 Å². The maximum Gasteiger partial charge on any atom is 0.254 e. The lowest BCUT2D eigenvalue weighted by Gasteiger charge is -2.26. The molecule has 0 radical (unpaired) electrons. The molecule has 26 heavy (non-hydrogen) atoms. The highest BCUT2D eigenvalue weighted by Crippen LogP contribution is 2.20. The van der Waals surface area contributed by atoms with Gasteiger partial charge in [-0.3, -0.25) is 9.59 Å². The molecule has 1 fully saturated rings. The molecular formula is C19H20ClN3O3. The van der Waals surface area contributed by atoms with Crippen LogP contribution in [0.4, 0.5) is 11.4 Å². The summed E-state index contributed by atoms with van der Waals surface area (Å²) >= 11 is 6.02. The molecule has 1 aliphatic rings. The van der Waals surface area contributed by atoms with E-state index < -0.39 is 0 Å². The van der Waals surface area contributed by atoms with Crippen molar-refractivity contribution >= 4 is 34.8 Å². The first-order chi connectivity index (χ1) is 12.6. The van der Waals surface area contributed by atoms with Crippen molar-refractivity contribution in [1.82, 2.24) is 4.90 Å². The van der Waals surface area contributed by atoms with Crippen molar-refractivity contribution in [3.63, 3.8) is 0 Å². The van der Waals surface area contributed by atoms with Crippen LogP contribution >= 0.6 is 11.6 Å². The molecular weight excluding hydrogens is 354 g/mol. The number of ether oxygens (including phenoxy) is 1. The van der Waals surface area contributed by atoms with Crippen LogP contribution < -0.4 is 10.6 Å². The first-order valence-corrected chi connectivity index (χ1v) is 8.76. The van der Waals surface area contributed by atoms with Gasteiger partial charge in [0, 0.05) is 24.3 Å². The standard InChI is InChI=1S/C19H20ClN3O3/c20-16-3-1-2-4-17(16)22-18(24)13-21-15-7-5-14(6-8-15)19(25)23-9-11-26-12-10-23/h1-8,21H,9-13H2,(H,22,24). The van der Waals surface area contributed by atoms with E-state index in [9.17, 15) is 9.59 Å². The summed E-state index contributed by atoms with van der Waals surface area (Å²) in [6, 6.07) is 14.2. The number of halogens is 1. The van der Waals surface area contributed by atoms with Gasteiger partial charge in [0.2, 0.25) is 5.91 Å². The molecule has 2 amide bonds. The van der Waals surface area contributed by atoms with Crippen molar-refractivity contribution in [2.45, 2.75) is 0 Å². The van der Waals surface area contributed by atoms with Gasteiger partial charge in [0.25, 0.3) is 5.91 Å². The fourth-order valence-electron chi connectivity index (χ4n) is 2.62. The zero-order valence-corrected chi connectivity index (χ0v) is 15.0. The summed E-state index contributed by atoms with van der Waals surface area (Å²) in [6.45, 7) is 2.47. The van der Waals surface area contributed by atoms with Gasteiger partial charge in [-0.05, 0) is 36.4 Å². The summed E-state index contributed by atoms with van der Waals surface area (Å²) in [7, 11) is 0. The van der Waals surface area contributed by atoms with Crippen molar-refractivity contribution in [2.24, 2.45) is 0 Å². The van der Waals surface area contributed by atoms with Crippen molar-refractivity contribution in [3.05, 3.63) is 59.1 Å². The highest BCUT2D eigenvalue weighted by molar-refractivity contribution is 6.33. The van der Waals surface area contributed by atoms with Crippen LogP contribution in [-0.2, 0) is 9.53 Å². The van der Waals surface area contributed by atoms with E-state index in [0.29, 0.717) is 42.6 Å². The minimum absolute atomic E-state index is 0.00341. The first kappa shape index (κ1) is 18.2. The molecule has 0 atom stereocenters. The van der Waals surface area contributed by atoms with E-state index in [1.165, 1.54) is 0 Å². The average Bonchev–Trinajstić information content (AvgIpc) is 2.69. The summed E-state index contributed by atoms with van der Waals surface area (Å²) in [5, 5.41) is 6.27. The van der Waals surface area contributed by atoms with Crippen molar-refractivity contribution < 1.29 is 14.3 Å². The molecule has 136 valence electrons. The highest BCUT2D eigenvalue weighted by atomic mass is 35.5. The van der Waals surface area contributed by atoms with Gasteiger partial charge in [0.15, 0.2) is 0 Å². The molecule has 2 aromatic rings. The van der Waals surface area contributed by atoms with Crippen LogP contribution in [0.3, 0.4) is 0 Å². The third-order valence-electron chi connectivity index (χ3n) is 4.03. The number of nitrogens with one attached hydrogen (secondary N) is 2. The van der Waals surface area contributed by atoms with Crippen LogP contribution in [-0.4, -0.2) is 49.6 Å². The second-order valence-electron chi connectivity index (χ2n) is 5.86. The van der Waals surface area contributed by atoms with Gasteiger partial charge in [-0.25, -0.2) is 0 Å². The van der Waals surface area contributed by atoms with Gasteiger partial charge < -0.3 is 20.3 Å². The van der Waals surface area contributed by atoms with Crippen molar-refractivity contribution in [1.29, 1.82) is 0 Å². The third-order valence-corrected chi connectivity index (χ3v) is 4.36. The monoisotopic (exact) mass is 373 g/mol. The van der Waals surface area contributed by atoms with Crippen LogP contribution in [0, 0.1) is 0 Å². The lowest BCUT2D eigenvalue weighted by Crippen LogP contribution is -2.40. The topological polar surface area (TPSA) is 70.7 Å². The molecule has 0 spiro atoms. The number of rotatable bonds is 5. The number of benzene rings is 2. The Labute approximate surface area is 157 Å². The van der Waals surface area contributed by atoms with E-state index in [2.05, 4.69) is 10.6 Å². The molecule has 2 N–H and O–H groups in total. The second-order valence-corrected chi connectivity index (χ2v) is 6.27. The van der Waals surface area contributed by atoms with Gasteiger partial charge in [0.1, 0.15) is 0 Å². The summed E-state index contributed by atoms with van der Waals surface area (Å²) in [4.78, 5) is 26.2. The number of nitrogens with zero attached hydrogens (tertiary/aromatic N) is 1. The van der Waals surface area contributed by atoms with Crippen molar-refractivity contribution in [2.75, 3.05) is 43.5 Å². The van der Waals surface area contributed by atoms with E-state index in [0.717, 1.165) is 5.69 Å². The molecule has 6 nitrogen and oxygen atoms in total. The molecule has 0 aromatic heterocycles. The molecule has 1 aliphatic heterocycles. The second kappa shape index (κ2) is 8.69. The minimum Gasteiger partial charge on any atom is -0.378 e. The largest absolute Gasteiger partial charge is 0.378 e. The predicted molar refractivity (Wildman–Crippen MR) is 102 cm³/mol. The van der Waals surface area contributed by atoms with Gasteiger partial charge in [-0.2, -0.15) is 0 Å². The Balaban J connectivity index is 1.52. The fourth-order valence-corrected chi connectivity index (χ4v) is 2.80. The van der Waals surface area contributed by atoms with Crippen LogP contribution in [0.1, 0.15) is 10.4 Å². The van der Waals surface area contributed by atoms with Gasteiger partial charge in [0.05, 0.1) is 30.5 Å². The molecule has 1 heterocycles. The van der Waals surface area contributed by atoms with Crippen LogP contribution in [0.5, 0.6) is 0 Å². The Hall–Kier alpha value is -2.57. The normalized spacial score (nSPS) is 14.0. The summed E-state index contributed by atoms with van der Waals surface area (Å²) in [6.07, 6.45) is 0. The highest BCUT2D eigenvalue weighted by Gasteiger charge is 2.18. The molecule has 0 bridgehead atoms. The average molecular weight is 374 g/mol. The van der Waals surface area contributed by atoms with E-state index in [1.54, 1.807) is 53.4 Å². The minimum atomic E-state index is -0.202. The number of anilines is 2. The SMILES string of the molecule is O=C(CNc1ccc(C(=O)N2CCOCC2)cc1)Nc1ccccc1Cl. The van der Waals surface area contributed by atoms with Gasteiger partial charge >= 0.3 is 0 Å². The number of carbonyl (C=O) groups excluding carboxylic acids is 2.